The van der Waals surface area contributed by atoms with Crippen LogP contribution in [-0.4, -0.2) is 37.0 Å². The molecule has 0 spiro atoms. The summed E-state index contributed by atoms with van der Waals surface area (Å²) in [7, 11) is 0. The highest BCUT2D eigenvalue weighted by atomic mass is 16.7. The molecule has 4 nitrogen and oxygen atoms in total. The molecule has 0 aromatic heterocycles. The van der Waals surface area contributed by atoms with Crippen LogP contribution in [-0.2, 0) is 27.5 Å². The molecule has 0 amide bonds. The Hall–Kier alpha value is -1.72. The molecule has 2 aromatic rings. The van der Waals surface area contributed by atoms with Gasteiger partial charge in [0.1, 0.15) is 0 Å². The minimum atomic E-state index is 0.172. The minimum Gasteiger partial charge on any atom is -0.374 e. The zero-order valence-corrected chi connectivity index (χ0v) is 14.4. The van der Waals surface area contributed by atoms with Crippen molar-refractivity contribution in [2.75, 3.05) is 19.8 Å². The number of hydroxylamine groups is 2. The first kappa shape index (κ1) is 16.7. The summed E-state index contributed by atoms with van der Waals surface area (Å²) in [6, 6.07) is 21.1. The predicted octanol–water partition coefficient (Wildman–Crippen LogP) is 3.42. The van der Waals surface area contributed by atoms with Gasteiger partial charge in [-0.15, -0.1) is 0 Å². The van der Waals surface area contributed by atoms with Gasteiger partial charge in [0.2, 0.25) is 0 Å². The van der Waals surface area contributed by atoms with E-state index in [9.17, 15) is 0 Å². The molecule has 2 aromatic carbocycles. The van der Waals surface area contributed by atoms with Gasteiger partial charge in [0.05, 0.1) is 38.6 Å². The van der Waals surface area contributed by atoms with Crippen molar-refractivity contribution in [3.63, 3.8) is 0 Å². The fourth-order valence-electron chi connectivity index (χ4n) is 3.64. The smallest absolute Gasteiger partial charge is 0.0813 e. The second kappa shape index (κ2) is 8.11. The lowest BCUT2D eigenvalue weighted by atomic mass is 9.92. The van der Waals surface area contributed by atoms with Crippen molar-refractivity contribution >= 4 is 0 Å². The van der Waals surface area contributed by atoms with Gasteiger partial charge in [-0.25, -0.2) is 0 Å². The summed E-state index contributed by atoms with van der Waals surface area (Å²) < 4.78 is 11.9. The van der Waals surface area contributed by atoms with Gasteiger partial charge >= 0.3 is 0 Å². The summed E-state index contributed by atoms with van der Waals surface area (Å²) >= 11 is 0. The normalized spacial score (nSPS) is 26.5. The molecule has 2 aliphatic rings. The molecule has 2 heterocycles. The average molecular weight is 339 g/mol. The molecule has 25 heavy (non-hydrogen) atoms. The summed E-state index contributed by atoms with van der Waals surface area (Å²) in [6.45, 7) is 3.62. The molecule has 2 fully saturated rings. The lowest BCUT2D eigenvalue weighted by Crippen LogP contribution is -2.43. The summed E-state index contributed by atoms with van der Waals surface area (Å²) in [5.74, 6) is 0.530. The number of hydrogen-bond acceptors (Lipinski definition) is 4. The standard InChI is InChI=1S/C21H25NO3/c1-3-7-17(8-4-1)12-22-21-16-24-20(11-19(21)14-25-22)15-23-13-18-9-5-2-6-10-18/h1-10,19-21H,11-16H2/t19-,20-,21-/m1/s1. The monoisotopic (exact) mass is 339 g/mol. The highest BCUT2D eigenvalue weighted by Crippen LogP contribution is 2.32. The van der Waals surface area contributed by atoms with Crippen LogP contribution in [0.2, 0.25) is 0 Å². The number of hydrogen-bond donors (Lipinski definition) is 0. The third kappa shape index (κ3) is 4.28. The van der Waals surface area contributed by atoms with Crippen LogP contribution in [0.3, 0.4) is 0 Å². The Labute approximate surface area is 149 Å². The van der Waals surface area contributed by atoms with E-state index in [4.69, 9.17) is 14.3 Å². The van der Waals surface area contributed by atoms with Crippen molar-refractivity contribution in [2.24, 2.45) is 5.92 Å². The molecule has 0 radical (unpaired) electrons. The minimum absolute atomic E-state index is 0.172. The van der Waals surface area contributed by atoms with Gasteiger partial charge in [-0.1, -0.05) is 60.7 Å². The van der Waals surface area contributed by atoms with Crippen LogP contribution in [0, 0.1) is 5.92 Å². The molecule has 2 saturated heterocycles. The molecule has 4 heteroatoms. The van der Waals surface area contributed by atoms with Crippen LogP contribution in [0.4, 0.5) is 0 Å². The number of benzene rings is 2. The number of nitrogens with zero attached hydrogens (tertiary/aromatic N) is 1. The van der Waals surface area contributed by atoms with Crippen LogP contribution in [0.25, 0.3) is 0 Å². The topological polar surface area (TPSA) is 30.9 Å². The third-order valence-electron chi connectivity index (χ3n) is 5.03. The van der Waals surface area contributed by atoms with Crippen LogP contribution >= 0.6 is 0 Å². The van der Waals surface area contributed by atoms with E-state index in [1.165, 1.54) is 11.1 Å². The average Bonchev–Trinajstić information content (AvgIpc) is 3.06. The van der Waals surface area contributed by atoms with E-state index in [-0.39, 0.29) is 6.10 Å². The highest BCUT2D eigenvalue weighted by Gasteiger charge is 2.40. The van der Waals surface area contributed by atoms with Gasteiger partial charge in [0.15, 0.2) is 0 Å². The predicted molar refractivity (Wildman–Crippen MR) is 95.7 cm³/mol. The van der Waals surface area contributed by atoms with Gasteiger partial charge in [0.25, 0.3) is 0 Å². The molecule has 4 rings (SSSR count). The Kier molecular flexibility index (Phi) is 5.43. The van der Waals surface area contributed by atoms with Crippen molar-refractivity contribution < 1.29 is 14.3 Å². The summed E-state index contributed by atoms with van der Waals surface area (Å²) in [5, 5.41) is 2.10. The second-order valence-electron chi connectivity index (χ2n) is 6.88. The maximum atomic E-state index is 6.05. The quantitative estimate of drug-likeness (QED) is 0.807. The van der Waals surface area contributed by atoms with Gasteiger partial charge in [0, 0.05) is 12.5 Å². The Bertz CT molecular complexity index is 649. The van der Waals surface area contributed by atoms with Crippen LogP contribution in [0.15, 0.2) is 60.7 Å². The Morgan fingerprint density at radius 1 is 0.920 bits per heavy atom. The number of rotatable bonds is 6. The fourth-order valence-corrected chi connectivity index (χ4v) is 3.64. The van der Waals surface area contributed by atoms with E-state index >= 15 is 0 Å². The highest BCUT2D eigenvalue weighted by molar-refractivity contribution is 5.15. The molecule has 0 saturated carbocycles. The first-order chi connectivity index (χ1) is 12.4. The first-order valence-electron chi connectivity index (χ1n) is 9.05. The Morgan fingerprint density at radius 3 is 2.40 bits per heavy atom. The Morgan fingerprint density at radius 2 is 1.64 bits per heavy atom. The summed E-state index contributed by atoms with van der Waals surface area (Å²) in [5.41, 5.74) is 2.48. The van der Waals surface area contributed by atoms with Crippen molar-refractivity contribution in [1.82, 2.24) is 5.06 Å². The maximum Gasteiger partial charge on any atom is 0.0813 e. The lowest BCUT2D eigenvalue weighted by molar-refractivity contribution is -0.161. The van der Waals surface area contributed by atoms with E-state index in [2.05, 4.69) is 41.5 Å². The van der Waals surface area contributed by atoms with Gasteiger partial charge in [-0.2, -0.15) is 5.06 Å². The number of fused-ring (bicyclic) bond motifs is 1. The summed E-state index contributed by atoms with van der Waals surface area (Å²) in [4.78, 5) is 5.94. The molecule has 2 aliphatic heterocycles. The van der Waals surface area contributed by atoms with Crippen LogP contribution in [0.1, 0.15) is 17.5 Å². The second-order valence-corrected chi connectivity index (χ2v) is 6.88. The molecule has 0 bridgehead atoms. The molecule has 0 unspecified atom stereocenters. The van der Waals surface area contributed by atoms with E-state index < -0.39 is 0 Å². The van der Waals surface area contributed by atoms with Crippen molar-refractivity contribution in [1.29, 1.82) is 0 Å². The number of ether oxygens (including phenoxy) is 2. The first-order valence-corrected chi connectivity index (χ1v) is 9.05. The molecule has 3 atom stereocenters. The molecule has 0 N–H and O–H groups in total. The third-order valence-corrected chi connectivity index (χ3v) is 5.03. The van der Waals surface area contributed by atoms with Crippen molar-refractivity contribution in [2.45, 2.75) is 31.7 Å². The van der Waals surface area contributed by atoms with Crippen LogP contribution in [0.5, 0.6) is 0 Å². The SMILES string of the molecule is c1ccc(COC[C@H]2C[C@@H]3CON(Cc4ccccc4)[C@@H]3CO2)cc1. The zero-order chi connectivity index (χ0) is 16.9. The largest absolute Gasteiger partial charge is 0.374 e. The molecule has 0 aliphatic carbocycles. The van der Waals surface area contributed by atoms with E-state index in [0.717, 1.165) is 26.2 Å². The molecule has 132 valence electrons. The molecular formula is C21H25NO3. The maximum absolute atomic E-state index is 6.05. The summed E-state index contributed by atoms with van der Waals surface area (Å²) in [6.07, 6.45) is 1.18. The van der Waals surface area contributed by atoms with Gasteiger partial charge < -0.3 is 9.47 Å². The van der Waals surface area contributed by atoms with E-state index in [1.807, 2.05) is 24.3 Å². The molecular weight excluding hydrogens is 314 g/mol. The van der Waals surface area contributed by atoms with Gasteiger partial charge in [-0.05, 0) is 17.5 Å². The van der Waals surface area contributed by atoms with Gasteiger partial charge in [-0.3, -0.25) is 4.84 Å². The fraction of sp³-hybridized carbons (Fsp3) is 0.429. The van der Waals surface area contributed by atoms with E-state index in [0.29, 0.717) is 25.2 Å². The van der Waals surface area contributed by atoms with E-state index in [1.54, 1.807) is 0 Å². The lowest BCUT2D eigenvalue weighted by Gasteiger charge is -2.33. The van der Waals surface area contributed by atoms with Crippen molar-refractivity contribution in [3.05, 3.63) is 71.8 Å². The Balaban J connectivity index is 1.24. The van der Waals surface area contributed by atoms with Crippen molar-refractivity contribution in [3.8, 4) is 0 Å². The van der Waals surface area contributed by atoms with Crippen LogP contribution < -0.4 is 0 Å². The zero-order valence-electron chi connectivity index (χ0n) is 14.4.